The highest BCUT2D eigenvalue weighted by Crippen LogP contribution is 2.16. The average molecular weight is 329 g/mol. The predicted octanol–water partition coefficient (Wildman–Crippen LogP) is 2.46. The van der Waals surface area contributed by atoms with Gasteiger partial charge in [-0.05, 0) is 44.0 Å². The van der Waals surface area contributed by atoms with Crippen molar-refractivity contribution in [2.45, 2.75) is 32.2 Å². The van der Waals surface area contributed by atoms with Crippen LogP contribution in [-0.2, 0) is 4.79 Å². The molecule has 0 fully saturated rings. The zero-order valence-electron chi connectivity index (χ0n) is 11.2. The molecular formula is C14H21BrN2O2. The molecule has 1 atom stereocenters. The number of nitrogens with two attached hydrogens (primary N) is 1. The van der Waals surface area contributed by atoms with Crippen molar-refractivity contribution in [3.63, 3.8) is 0 Å². The molecule has 1 aromatic rings. The van der Waals surface area contributed by atoms with Gasteiger partial charge in [-0.3, -0.25) is 4.79 Å². The van der Waals surface area contributed by atoms with Crippen LogP contribution in [0, 0.1) is 0 Å². The average Bonchev–Trinajstić information content (AvgIpc) is 2.40. The van der Waals surface area contributed by atoms with Crippen LogP contribution in [0.25, 0.3) is 0 Å². The van der Waals surface area contributed by atoms with Crippen molar-refractivity contribution in [3.05, 3.63) is 28.7 Å². The van der Waals surface area contributed by atoms with Crippen molar-refractivity contribution in [1.82, 2.24) is 5.32 Å². The highest BCUT2D eigenvalue weighted by atomic mass is 79.9. The highest BCUT2D eigenvalue weighted by molar-refractivity contribution is 9.10. The minimum atomic E-state index is 0.0477. The smallest absolute Gasteiger partial charge is 0.220 e. The Morgan fingerprint density at radius 2 is 2.05 bits per heavy atom. The summed E-state index contributed by atoms with van der Waals surface area (Å²) in [6.45, 7) is 2.99. The molecule has 0 aliphatic heterocycles. The molecule has 106 valence electrons. The number of unbranched alkanes of at least 4 members (excludes halogenated alkanes) is 1. The maximum atomic E-state index is 11.5. The second-order valence-corrected chi connectivity index (χ2v) is 5.38. The van der Waals surface area contributed by atoms with E-state index in [0.29, 0.717) is 19.6 Å². The van der Waals surface area contributed by atoms with E-state index in [0.717, 1.165) is 23.1 Å². The van der Waals surface area contributed by atoms with Crippen molar-refractivity contribution in [3.8, 4) is 5.75 Å². The van der Waals surface area contributed by atoms with Gasteiger partial charge < -0.3 is 15.8 Å². The van der Waals surface area contributed by atoms with E-state index in [1.54, 1.807) is 0 Å². The minimum Gasteiger partial charge on any atom is -0.494 e. The normalized spacial score (nSPS) is 11.9. The second kappa shape index (κ2) is 8.93. The third kappa shape index (κ3) is 7.18. The maximum absolute atomic E-state index is 11.5. The topological polar surface area (TPSA) is 64.3 Å². The van der Waals surface area contributed by atoms with Crippen LogP contribution in [0.5, 0.6) is 5.75 Å². The number of nitrogens with one attached hydrogen (secondary N) is 1. The van der Waals surface area contributed by atoms with Crippen molar-refractivity contribution >= 4 is 21.8 Å². The molecule has 0 aliphatic carbocycles. The van der Waals surface area contributed by atoms with E-state index >= 15 is 0 Å². The number of halogens is 1. The molecule has 4 nitrogen and oxygen atoms in total. The molecule has 19 heavy (non-hydrogen) atoms. The zero-order valence-corrected chi connectivity index (χ0v) is 12.8. The number of amides is 1. The van der Waals surface area contributed by atoms with Crippen LogP contribution in [0.4, 0.5) is 0 Å². The van der Waals surface area contributed by atoms with Crippen LogP contribution in [0.1, 0.15) is 26.2 Å². The summed E-state index contributed by atoms with van der Waals surface area (Å²) in [6.07, 6.45) is 2.20. The molecular weight excluding hydrogens is 308 g/mol. The van der Waals surface area contributed by atoms with Gasteiger partial charge in [0.15, 0.2) is 0 Å². The van der Waals surface area contributed by atoms with Crippen LogP contribution >= 0.6 is 15.9 Å². The summed E-state index contributed by atoms with van der Waals surface area (Å²) in [5.41, 5.74) is 5.43. The number of ether oxygens (including phenoxy) is 1. The number of hydrogen-bond acceptors (Lipinski definition) is 3. The maximum Gasteiger partial charge on any atom is 0.220 e. The van der Waals surface area contributed by atoms with Crippen LogP contribution in [0.2, 0.25) is 0 Å². The highest BCUT2D eigenvalue weighted by Gasteiger charge is 2.04. The summed E-state index contributed by atoms with van der Waals surface area (Å²) in [7, 11) is 0. The van der Waals surface area contributed by atoms with Gasteiger partial charge in [-0.15, -0.1) is 0 Å². The Balaban J connectivity index is 2.08. The Kier molecular flexibility index (Phi) is 7.52. The molecule has 1 aromatic carbocycles. The molecule has 0 radical (unpaired) electrons. The fourth-order valence-electron chi connectivity index (χ4n) is 1.51. The number of benzene rings is 1. The quantitative estimate of drug-likeness (QED) is 0.720. The number of hydrogen-bond donors (Lipinski definition) is 2. The van der Waals surface area contributed by atoms with E-state index in [1.165, 1.54) is 0 Å². The first-order valence-corrected chi connectivity index (χ1v) is 7.29. The fraction of sp³-hybridized carbons (Fsp3) is 0.500. The fourth-order valence-corrected chi connectivity index (χ4v) is 1.78. The molecule has 0 heterocycles. The van der Waals surface area contributed by atoms with E-state index in [1.807, 2.05) is 31.2 Å². The summed E-state index contributed by atoms with van der Waals surface area (Å²) in [5, 5.41) is 2.83. The van der Waals surface area contributed by atoms with Gasteiger partial charge in [-0.25, -0.2) is 0 Å². The molecule has 0 saturated heterocycles. The van der Waals surface area contributed by atoms with Crippen molar-refractivity contribution in [2.75, 3.05) is 13.2 Å². The lowest BCUT2D eigenvalue weighted by atomic mass is 10.2. The molecule has 0 spiro atoms. The van der Waals surface area contributed by atoms with Crippen LogP contribution in [0.15, 0.2) is 28.7 Å². The van der Waals surface area contributed by atoms with Crippen molar-refractivity contribution in [1.29, 1.82) is 0 Å². The molecule has 0 unspecified atom stereocenters. The largest absolute Gasteiger partial charge is 0.494 e. The van der Waals surface area contributed by atoms with Crippen LogP contribution in [-0.4, -0.2) is 25.1 Å². The first-order valence-electron chi connectivity index (χ1n) is 6.49. The lowest BCUT2D eigenvalue weighted by molar-refractivity contribution is -0.121. The molecule has 5 heteroatoms. The van der Waals surface area contributed by atoms with Gasteiger partial charge in [-0.1, -0.05) is 15.9 Å². The molecule has 0 aliphatic rings. The standard InChI is InChI=1S/C14H21BrN2O2/c1-11(10-16)17-14(18)4-2-3-9-19-13-7-5-12(15)6-8-13/h5-8,11H,2-4,9-10,16H2,1H3,(H,17,18)/t11-/m0/s1. The summed E-state index contributed by atoms with van der Waals surface area (Å²) in [6, 6.07) is 7.76. The van der Waals surface area contributed by atoms with E-state index in [4.69, 9.17) is 10.5 Å². The first kappa shape index (κ1) is 16.0. The van der Waals surface area contributed by atoms with Gasteiger partial charge in [0.05, 0.1) is 6.61 Å². The van der Waals surface area contributed by atoms with E-state index < -0.39 is 0 Å². The van der Waals surface area contributed by atoms with E-state index in [-0.39, 0.29) is 11.9 Å². The Morgan fingerprint density at radius 3 is 2.68 bits per heavy atom. The van der Waals surface area contributed by atoms with Gasteiger partial charge in [0, 0.05) is 23.5 Å². The summed E-state index contributed by atoms with van der Waals surface area (Å²) < 4.78 is 6.61. The van der Waals surface area contributed by atoms with E-state index in [2.05, 4.69) is 21.2 Å². The Morgan fingerprint density at radius 1 is 1.37 bits per heavy atom. The Hall–Kier alpha value is -1.07. The predicted molar refractivity (Wildman–Crippen MR) is 80.1 cm³/mol. The van der Waals surface area contributed by atoms with Gasteiger partial charge >= 0.3 is 0 Å². The second-order valence-electron chi connectivity index (χ2n) is 4.46. The minimum absolute atomic E-state index is 0.0477. The SMILES string of the molecule is C[C@@H](CN)NC(=O)CCCCOc1ccc(Br)cc1. The van der Waals surface area contributed by atoms with Crippen LogP contribution in [0.3, 0.4) is 0 Å². The zero-order chi connectivity index (χ0) is 14.1. The molecule has 0 aromatic heterocycles. The van der Waals surface area contributed by atoms with Crippen molar-refractivity contribution in [2.24, 2.45) is 5.73 Å². The van der Waals surface area contributed by atoms with E-state index in [9.17, 15) is 4.79 Å². The lowest BCUT2D eigenvalue weighted by Crippen LogP contribution is -2.37. The Labute approximate surface area is 122 Å². The van der Waals surface area contributed by atoms with Crippen LogP contribution < -0.4 is 15.8 Å². The summed E-state index contributed by atoms with van der Waals surface area (Å²) >= 11 is 3.37. The molecule has 3 N–H and O–H groups in total. The third-order valence-corrected chi connectivity index (χ3v) is 3.17. The number of carbonyl (C=O) groups is 1. The monoisotopic (exact) mass is 328 g/mol. The number of rotatable bonds is 8. The lowest BCUT2D eigenvalue weighted by Gasteiger charge is -2.11. The summed E-state index contributed by atoms with van der Waals surface area (Å²) in [4.78, 5) is 11.5. The van der Waals surface area contributed by atoms with Gasteiger partial charge in [0.1, 0.15) is 5.75 Å². The molecule has 0 saturated carbocycles. The Bertz CT molecular complexity index is 382. The molecule has 1 amide bonds. The first-order chi connectivity index (χ1) is 9.11. The van der Waals surface area contributed by atoms with Gasteiger partial charge in [-0.2, -0.15) is 0 Å². The van der Waals surface area contributed by atoms with Crippen molar-refractivity contribution < 1.29 is 9.53 Å². The molecule has 1 rings (SSSR count). The summed E-state index contributed by atoms with van der Waals surface area (Å²) in [5.74, 6) is 0.908. The van der Waals surface area contributed by atoms with Gasteiger partial charge in [0.25, 0.3) is 0 Å². The molecule has 0 bridgehead atoms. The van der Waals surface area contributed by atoms with Gasteiger partial charge in [0.2, 0.25) is 5.91 Å². The number of carbonyl (C=O) groups excluding carboxylic acids is 1. The third-order valence-electron chi connectivity index (χ3n) is 2.64.